The van der Waals surface area contributed by atoms with Crippen molar-refractivity contribution in [2.45, 2.75) is 62.7 Å². The number of sulfonamides is 1. The maximum Gasteiger partial charge on any atom is 0.243 e. The number of nitrogens with zero attached hydrogens (tertiary/aromatic N) is 2. The molecule has 1 aromatic carbocycles. The third kappa shape index (κ3) is 4.29. The first-order chi connectivity index (χ1) is 12.5. The van der Waals surface area contributed by atoms with Crippen LogP contribution in [0.4, 0.5) is 0 Å². The summed E-state index contributed by atoms with van der Waals surface area (Å²) in [6.45, 7) is 3.70. The van der Waals surface area contributed by atoms with Crippen LogP contribution in [-0.4, -0.2) is 49.7 Å². The third-order valence-electron chi connectivity index (χ3n) is 5.65. The minimum Gasteiger partial charge on any atom is -0.340 e. The molecule has 0 unspecified atom stereocenters. The normalized spacial score (nSPS) is 20.3. The number of piperazine rings is 1. The van der Waals surface area contributed by atoms with Gasteiger partial charge in [-0.25, -0.2) is 8.42 Å². The SMILES string of the molecule is CCCC(=O)N1CCN(S(=O)(=O)c2ccc(C3CCCCC3)cc2)CC1. The molecule has 1 heterocycles. The first-order valence-corrected chi connectivity index (χ1v) is 11.3. The van der Waals surface area contributed by atoms with Gasteiger partial charge in [0.15, 0.2) is 0 Å². The van der Waals surface area contributed by atoms with E-state index in [0.29, 0.717) is 43.4 Å². The Balaban J connectivity index is 1.64. The Bertz CT molecular complexity index is 701. The van der Waals surface area contributed by atoms with E-state index < -0.39 is 10.0 Å². The third-order valence-corrected chi connectivity index (χ3v) is 7.56. The highest BCUT2D eigenvalue weighted by molar-refractivity contribution is 7.89. The van der Waals surface area contributed by atoms with E-state index in [2.05, 4.69) is 0 Å². The Hall–Kier alpha value is -1.40. The van der Waals surface area contributed by atoms with Gasteiger partial charge in [-0.05, 0) is 42.9 Å². The molecule has 0 radical (unpaired) electrons. The Morgan fingerprint density at radius 2 is 1.62 bits per heavy atom. The standard InChI is InChI=1S/C20H30N2O3S/c1-2-6-20(23)21-13-15-22(16-14-21)26(24,25)19-11-9-18(10-12-19)17-7-4-3-5-8-17/h9-12,17H,2-8,13-16H2,1H3. The topological polar surface area (TPSA) is 57.7 Å². The molecule has 1 saturated carbocycles. The maximum atomic E-state index is 12.9. The Kier molecular flexibility index (Phi) is 6.35. The van der Waals surface area contributed by atoms with Crippen molar-refractivity contribution in [1.29, 1.82) is 0 Å². The van der Waals surface area contributed by atoms with Gasteiger partial charge in [0.25, 0.3) is 0 Å². The number of benzene rings is 1. The highest BCUT2D eigenvalue weighted by atomic mass is 32.2. The van der Waals surface area contributed by atoms with Gasteiger partial charge in [-0.2, -0.15) is 4.31 Å². The lowest BCUT2D eigenvalue weighted by Crippen LogP contribution is -2.50. The van der Waals surface area contributed by atoms with Gasteiger partial charge < -0.3 is 4.90 Å². The van der Waals surface area contributed by atoms with Crippen LogP contribution in [0.1, 0.15) is 63.4 Å². The number of amides is 1. The molecule has 2 aliphatic rings. The van der Waals surface area contributed by atoms with Crippen LogP contribution in [0.15, 0.2) is 29.2 Å². The Morgan fingerprint density at radius 3 is 2.19 bits per heavy atom. The van der Waals surface area contributed by atoms with Gasteiger partial charge in [-0.1, -0.05) is 38.3 Å². The van der Waals surface area contributed by atoms with Crippen molar-refractivity contribution in [3.63, 3.8) is 0 Å². The van der Waals surface area contributed by atoms with E-state index in [1.165, 1.54) is 42.0 Å². The Labute approximate surface area is 157 Å². The second-order valence-electron chi connectivity index (χ2n) is 7.44. The summed E-state index contributed by atoms with van der Waals surface area (Å²) in [6, 6.07) is 7.50. The quantitative estimate of drug-likeness (QED) is 0.789. The van der Waals surface area contributed by atoms with Crippen LogP contribution < -0.4 is 0 Å². The molecule has 1 saturated heterocycles. The van der Waals surface area contributed by atoms with Crippen molar-refractivity contribution in [3.05, 3.63) is 29.8 Å². The molecular weight excluding hydrogens is 348 g/mol. The highest BCUT2D eigenvalue weighted by Crippen LogP contribution is 2.33. The molecular formula is C20H30N2O3S. The Morgan fingerprint density at radius 1 is 1.00 bits per heavy atom. The molecule has 1 aliphatic heterocycles. The zero-order valence-electron chi connectivity index (χ0n) is 15.7. The van der Waals surface area contributed by atoms with E-state index in [4.69, 9.17) is 0 Å². The molecule has 1 aliphatic carbocycles. The largest absolute Gasteiger partial charge is 0.340 e. The van der Waals surface area contributed by atoms with E-state index in [1.807, 2.05) is 19.1 Å². The fraction of sp³-hybridized carbons (Fsp3) is 0.650. The van der Waals surface area contributed by atoms with Crippen LogP contribution in [0.3, 0.4) is 0 Å². The predicted molar refractivity (Wildman–Crippen MR) is 103 cm³/mol. The van der Waals surface area contributed by atoms with Gasteiger partial charge >= 0.3 is 0 Å². The van der Waals surface area contributed by atoms with Crippen molar-refractivity contribution in [3.8, 4) is 0 Å². The van der Waals surface area contributed by atoms with E-state index in [-0.39, 0.29) is 5.91 Å². The van der Waals surface area contributed by atoms with Gasteiger partial charge in [-0.15, -0.1) is 0 Å². The van der Waals surface area contributed by atoms with Crippen LogP contribution >= 0.6 is 0 Å². The van der Waals surface area contributed by atoms with Crippen LogP contribution in [-0.2, 0) is 14.8 Å². The average Bonchev–Trinajstić information content (AvgIpc) is 2.69. The molecule has 0 atom stereocenters. The first kappa shape index (κ1) is 19.4. The lowest BCUT2D eigenvalue weighted by Gasteiger charge is -2.34. The molecule has 5 nitrogen and oxygen atoms in total. The monoisotopic (exact) mass is 378 g/mol. The van der Waals surface area contributed by atoms with E-state index in [0.717, 1.165) is 6.42 Å². The van der Waals surface area contributed by atoms with Crippen LogP contribution in [0.2, 0.25) is 0 Å². The number of hydrogen-bond donors (Lipinski definition) is 0. The number of hydrogen-bond acceptors (Lipinski definition) is 3. The molecule has 2 fully saturated rings. The smallest absolute Gasteiger partial charge is 0.243 e. The molecule has 26 heavy (non-hydrogen) atoms. The summed E-state index contributed by atoms with van der Waals surface area (Å²) in [5, 5.41) is 0. The van der Waals surface area contributed by atoms with E-state index >= 15 is 0 Å². The van der Waals surface area contributed by atoms with Crippen molar-refractivity contribution in [2.75, 3.05) is 26.2 Å². The summed E-state index contributed by atoms with van der Waals surface area (Å²) >= 11 is 0. The minimum absolute atomic E-state index is 0.126. The first-order valence-electron chi connectivity index (χ1n) is 9.90. The van der Waals surface area contributed by atoms with Gasteiger partial charge in [0, 0.05) is 32.6 Å². The van der Waals surface area contributed by atoms with Crippen LogP contribution in [0.5, 0.6) is 0 Å². The lowest BCUT2D eigenvalue weighted by molar-refractivity contribution is -0.132. The summed E-state index contributed by atoms with van der Waals surface area (Å²) < 4.78 is 27.3. The molecule has 144 valence electrons. The predicted octanol–water partition coefficient (Wildman–Crippen LogP) is 3.37. The van der Waals surface area contributed by atoms with E-state index in [1.54, 1.807) is 17.0 Å². The number of rotatable bonds is 5. The molecule has 3 rings (SSSR count). The fourth-order valence-corrected chi connectivity index (χ4v) is 5.47. The molecule has 0 aromatic heterocycles. The second kappa shape index (κ2) is 8.53. The fourth-order valence-electron chi connectivity index (χ4n) is 4.05. The van der Waals surface area contributed by atoms with Crippen LogP contribution in [0.25, 0.3) is 0 Å². The van der Waals surface area contributed by atoms with Crippen LogP contribution in [0, 0.1) is 0 Å². The lowest BCUT2D eigenvalue weighted by atomic mass is 9.84. The zero-order chi connectivity index (χ0) is 18.6. The maximum absolute atomic E-state index is 12.9. The summed E-state index contributed by atoms with van der Waals surface area (Å²) in [4.78, 5) is 14.1. The molecule has 1 amide bonds. The molecule has 0 N–H and O–H groups in total. The number of carbonyl (C=O) groups is 1. The van der Waals surface area contributed by atoms with Crippen molar-refractivity contribution in [1.82, 2.24) is 9.21 Å². The van der Waals surface area contributed by atoms with Crippen molar-refractivity contribution >= 4 is 15.9 Å². The highest BCUT2D eigenvalue weighted by Gasteiger charge is 2.30. The van der Waals surface area contributed by atoms with E-state index in [9.17, 15) is 13.2 Å². The zero-order valence-corrected chi connectivity index (χ0v) is 16.5. The summed E-state index contributed by atoms with van der Waals surface area (Å²) in [6.07, 6.45) is 7.63. The van der Waals surface area contributed by atoms with Gasteiger partial charge in [0.2, 0.25) is 15.9 Å². The van der Waals surface area contributed by atoms with Gasteiger partial charge in [0.05, 0.1) is 4.90 Å². The minimum atomic E-state index is -3.48. The molecule has 6 heteroatoms. The van der Waals surface area contributed by atoms with Crippen molar-refractivity contribution in [2.24, 2.45) is 0 Å². The summed E-state index contributed by atoms with van der Waals surface area (Å²) in [5.41, 5.74) is 1.26. The van der Waals surface area contributed by atoms with Gasteiger partial charge in [0.1, 0.15) is 0 Å². The summed E-state index contributed by atoms with van der Waals surface area (Å²) in [7, 11) is -3.48. The van der Waals surface area contributed by atoms with Crippen molar-refractivity contribution < 1.29 is 13.2 Å². The molecule has 0 bridgehead atoms. The molecule has 1 aromatic rings. The van der Waals surface area contributed by atoms with Gasteiger partial charge in [-0.3, -0.25) is 4.79 Å². The number of carbonyl (C=O) groups excluding carboxylic acids is 1. The summed E-state index contributed by atoms with van der Waals surface area (Å²) in [5.74, 6) is 0.704. The second-order valence-corrected chi connectivity index (χ2v) is 9.38. The molecule has 0 spiro atoms. The average molecular weight is 379 g/mol.